The van der Waals surface area contributed by atoms with Crippen LogP contribution in [0.2, 0.25) is 0 Å². The molecule has 1 aromatic rings. The van der Waals surface area contributed by atoms with E-state index in [4.69, 9.17) is 0 Å². The third kappa shape index (κ3) is 2.14. The smallest absolute Gasteiger partial charge is 0.133 e. The van der Waals surface area contributed by atoms with Gasteiger partial charge < -0.3 is 4.57 Å². The molecule has 0 saturated heterocycles. The van der Waals surface area contributed by atoms with Gasteiger partial charge in [0.25, 0.3) is 0 Å². The second kappa shape index (κ2) is 4.11. The summed E-state index contributed by atoms with van der Waals surface area (Å²) in [5.74, 6) is 2.74. The topological polar surface area (TPSA) is 30.7 Å². The van der Waals surface area contributed by atoms with Crippen LogP contribution >= 0.6 is 0 Å². The van der Waals surface area contributed by atoms with Crippen LogP contribution < -0.4 is 0 Å². The molecule has 0 aromatic carbocycles. The van der Waals surface area contributed by atoms with Gasteiger partial charge in [0.15, 0.2) is 0 Å². The molecule has 0 atom stereocenters. The van der Waals surface area contributed by atoms with E-state index in [0.29, 0.717) is 5.92 Å². The molecule has 1 aromatic heterocycles. The third-order valence-electron chi connectivity index (χ3n) is 2.95. The first-order chi connectivity index (χ1) is 6.75. The summed E-state index contributed by atoms with van der Waals surface area (Å²) in [7, 11) is 0. The first-order valence-electron chi connectivity index (χ1n) is 5.62. The summed E-state index contributed by atoms with van der Waals surface area (Å²) < 4.78 is 2.21. The summed E-state index contributed by atoms with van der Waals surface area (Å²) in [6, 6.07) is 0. The second-order valence-corrected chi connectivity index (χ2v) is 4.79. The Kier molecular flexibility index (Phi) is 2.85. The van der Waals surface area contributed by atoms with Crippen LogP contribution in [0, 0.1) is 11.8 Å². The van der Waals surface area contributed by atoms with E-state index in [-0.39, 0.29) is 0 Å². The lowest BCUT2D eigenvalue weighted by Gasteiger charge is -2.24. The predicted octanol–water partition coefficient (Wildman–Crippen LogP) is 2.28. The predicted molar refractivity (Wildman–Crippen MR) is 55.9 cm³/mol. The molecule has 14 heavy (non-hydrogen) atoms. The number of hydrogen-bond donors (Lipinski definition) is 0. The maximum Gasteiger partial charge on any atom is 0.133 e. The van der Waals surface area contributed by atoms with Crippen molar-refractivity contribution in [1.82, 2.24) is 14.8 Å². The summed E-state index contributed by atoms with van der Waals surface area (Å²) in [6.07, 6.45) is 7.17. The van der Waals surface area contributed by atoms with Gasteiger partial charge in [0.2, 0.25) is 0 Å². The summed E-state index contributed by atoms with van der Waals surface area (Å²) >= 11 is 0. The van der Waals surface area contributed by atoms with Crippen molar-refractivity contribution in [3.8, 4) is 0 Å². The molecule has 0 radical (unpaired) electrons. The zero-order chi connectivity index (χ0) is 9.97. The fraction of sp³-hybridized carbons (Fsp3) is 0.818. The van der Waals surface area contributed by atoms with Crippen molar-refractivity contribution in [3.63, 3.8) is 0 Å². The standard InChI is InChI=1S/C11H19N3/c1-9(2)7-14-8-12-13-11(14)6-10-4-3-5-10/h8-10H,3-7H2,1-2H3. The van der Waals surface area contributed by atoms with Crippen LogP contribution in [0.4, 0.5) is 0 Å². The number of hydrogen-bond acceptors (Lipinski definition) is 2. The lowest BCUT2D eigenvalue weighted by molar-refractivity contribution is 0.304. The molecular formula is C11H19N3. The minimum absolute atomic E-state index is 0.672. The van der Waals surface area contributed by atoms with Crippen molar-refractivity contribution in [3.05, 3.63) is 12.2 Å². The van der Waals surface area contributed by atoms with Crippen LogP contribution in [-0.2, 0) is 13.0 Å². The van der Waals surface area contributed by atoms with Crippen molar-refractivity contribution in [2.75, 3.05) is 0 Å². The summed E-state index contributed by atoms with van der Waals surface area (Å²) in [5.41, 5.74) is 0. The highest BCUT2D eigenvalue weighted by Gasteiger charge is 2.20. The van der Waals surface area contributed by atoms with Gasteiger partial charge in [-0.1, -0.05) is 33.1 Å². The van der Waals surface area contributed by atoms with E-state index in [9.17, 15) is 0 Å². The van der Waals surface area contributed by atoms with E-state index in [0.717, 1.165) is 18.9 Å². The fourth-order valence-electron chi connectivity index (χ4n) is 1.94. The number of rotatable bonds is 4. The van der Waals surface area contributed by atoms with Gasteiger partial charge >= 0.3 is 0 Å². The SMILES string of the molecule is CC(C)Cn1cnnc1CC1CCC1. The van der Waals surface area contributed by atoms with E-state index in [2.05, 4.69) is 28.6 Å². The first-order valence-corrected chi connectivity index (χ1v) is 5.62. The molecule has 3 heteroatoms. The van der Waals surface area contributed by atoms with E-state index >= 15 is 0 Å². The molecule has 0 amide bonds. The monoisotopic (exact) mass is 193 g/mol. The van der Waals surface area contributed by atoms with Crippen molar-refractivity contribution in [2.45, 2.75) is 46.1 Å². The molecule has 0 unspecified atom stereocenters. The lowest BCUT2D eigenvalue weighted by Crippen LogP contribution is -2.17. The third-order valence-corrected chi connectivity index (χ3v) is 2.95. The Morgan fingerprint density at radius 3 is 2.86 bits per heavy atom. The van der Waals surface area contributed by atoms with Gasteiger partial charge in [-0.3, -0.25) is 0 Å². The molecule has 0 spiro atoms. The normalized spacial score (nSPS) is 17.4. The second-order valence-electron chi connectivity index (χ2n) is 4.79. The Morgan fingerprint density at radius 1 is 1.50 bits per heavy atom. The van der Waals surface area contributed by atoms with Crippen molar-refractivity contribution in [1.29, 1.82) is 0 Å². The first kappa shape index (κ1) is 9.69. The number of aromatic nitrogens is 3. The summed E-state index contributed by atoms with van der Waals surface area (Å²) in [4.78, 5) is 0. The molecule has 2 rings (SSSR count). The van der Waals surface area contributed by atoms with Crippen LogP contribution in [-0.4, -0.2) is 14.8 Å². The van der Waals surface area contributed by atoms with Gasteiger partial charge in [-0.2, -0.15) is 0 Å². The Morgan fingerprint density at radius 2 is 2.29 bits per heavy atom. The largest absolute Gasteiger partial charge is 0.317 e. The van der Waals surface area contributed by atoms with Crippen molar-refractivity contribution in [2.24, 2.45) is 11.8 Å². The Balaban J connectivity index is 1.97. The minimum atomic E-state index is 0.672. The molecule has 0 N–H and O–H groups in total. The summed E-state index contributed by atoms with van der Waals surface area (Å²) in [6.45, 7) is 5.51. The van der Waals surface area contributed by atoms with E-state index < -0.39 is 0 Å². The lowest BCUT2D eigenvalue weighted by atomic mass is 9.83. The van der Waals surface area contributed by atoms with Crippen LogP contribution in [0.1, 0.15) is 38.9 Å². The fourth-order valence-corrected chi connectivity index (χ4v) is 1.94. The molecule has 1 saturated carbocycles. The Hall–Kier alpha value is -0.860. The average molecular weight is 193 g/mol. The Bertz CT molecular complexity index is 286. The van der Waals surface area contributed by atoms with Crippen molar-refractivity contribution < 1.29 is 0 Å². The molecule has 3 nitrogen and oxygen atoms in total. The van der Waals surface area contributed by atoms with Gasteiger partial charge in [-0.25, -0.2) is 0 Å². The zero-order valence-corrected chi connectivity index (χ0v) is 9.11. The molecule has 1 fully saturated rings. The van der Waals surface area contributed by atoms with Crippen molar-refractivity contribution >= 4 is 0 Å². The van der Waals surface area contributed by atoms with E-state index in [1.54, 1.807) is 0 Å². The maximum absolute atomic E-state index is 4.20. The van der Waals surface area contributed by atoms with Gasteiger partial charge in [0.05, 0.1) is 0 Å². The highest BCUT2D eigenvalue weighted by Crippen LogP contribution is 2.29. The molecule has 0 aliphatic heterocycles. The maximum atomic E-state index is 4.20. The van der Waals surface area contributed by atoms with Crippen LogP contribution in [0.5, 0.6) is 0 Å². The highest BCUT2D eigenvalue weighted by atomic mass is 15.3. The molecule has 78 valence electrons. The molecule has 1 heterocycles. The Labute approximate surface area is 85.5 Å². The van der Waals surface area contributed by atoms with E-state index in [1.165, 1.54) is 25.1 Å². The molecule has 0 bridgehead atoms. The summed E-state index contributed by atoms with van der Waals surface area (Å²) in [5, 5.41) is 8.20. The van der Waals surface area contributed by atoms with Gasteiger partial charge in [0, 0.05) is 13.0 Å². The van der Waals surface area contributed by atoms with Gasteiger partial charge in [-0.05, 0) is 11.8 Å². The molecule has 1 aliphatic carbocycles. The van der Waals surface area contributed by atoms with E-state index in [1.807, 2.05) is 6.33 Å². The van der Waals surface area contributed by atoms with Crippen LogP contribution in [0.25, 0.3) is 0 Å². The quantitative estimate of drug-likeness (QED) is 0.734. The van der Waals surface area contributed by atoms with Gasteiger partial charge in [-0.15, -0.1) is 10.2 Å². The van der Waals surface area contributed by atoms with Gasteiger partial charge in [0.1, 0.15) is 12.2 Å². The number of nitrogens with zero attached hydrogens (tertiary/aromatic N) is 3. The van der Waals surface area contributed by atoms with Crippen LogP contribution in [0.15, 0.2) is 6.33 Å². The molecule has 1 aliphatic rings. The minimum Gasteiger partial charge on any atom is -0.317 e. The average Bonchev–Trinajstić information content (AvgIpc) is 2.44. The molecular weight excluding hydrogens is 174 g/mol. The van der Waals surface area contributed by atoms with Crippen LogP contribution in [0.3, 0.4) is 0 Å². The zero-order valence-electron chi connectivity index (χ0n) is 9.11. The highest BCUT2D eigenvalue weighted by molar-refractivity contribution is 4.90.